The Hall–Kier alpha value is -0.390. The standard InChI is InChI=1S/C16H29BrN4/c1-3-21-15(16(17)12(2)20-21)11-14(19-18)10-13-8-6-4-5-7-9-13/h13-14,19H,3-11,18H2,1-2H3. The van der Waals surface area contributed by atoms with E-state index in [-0.39, 0.29) is 0 Å². The quantitative estimate of drug-likeness (QED) is 0.464. The van der Waals surface area contributed by atoms with Crippen molar-refractivity contribution in [3.05, 3.63) is 15.9 Å². The van der Waals surface area contributed by atoms with Crippen LogP contribution >= 0.6 is 15.9 Å². The fraction of sp³-hybridized carbons (Fsp3) is 0.812. The Bertz CT molecular complexity index is 436. The van der Waals surface area contributed by atoms with Gasteiger partial charge in [0.05, 0.1) is 15.9 Å². The van der Waals surface area contributed by atoms with Crippen LogP contribution in [0, 0.1) is 12.8 Å². The second-order valence-electron chi connectivity index (χ2n) is 6.32. The van der Waals surface area contributed by atoms with Crippen molar-refractivity contribution in [1.82, 2.24) is 15.2 Å². The van der Waals surface area contributed by atoms with E-state index in [4.69, 9.17) is 5.84 Å². The number of halogens is 1. The van der Waals surface area contributed by atoms with E-state index in [1.165, 1.54) is 50.6 Å². The lowest BCUT2D eigenvalue weighted by molar-refractivity contribution is 0.347. The molecule has 120 valence electrons. The first-order valence-corrected chi connectivity index (χ1v) is 9.12. The average molecular weight is 357 g/mol. The fourth-order valence-corrected chi connectivity index (χ4v) is 3.96. The van der Waals surface area contributed by atoms with Crippen molar-refractivity contribution in [2.45, 2.75) is 77.8 Å². The van der Waals surface area contributed by atoms with Crippen molar-refractivity contribution in [3.63, 3.8) is 0 Å². The minimum absolute atomic E-state index is 0.339. The number of nitrogens with zero attached hydrogens (tertiary/aromatic N) is 2. The summed E-state index contributed by atoms with van der Waals surface area (Å²) in [6.45, 7) is 5.09. The molecule has 0 aliphatic heterocycles. The van der Waals surface area contributed by atoms with Crippen LogP contribution < -0.4 is 11.3 Å². The van der Waals surface area contributed by atoms with E-state index in [1.54, 1.807) is 0 Å². The maximum atomic E-state index is 5.83. The second kappa shape index (κ2) is 8.30. The predicted octanol–water partition coefficient (Wildman–Crippen LogP) is 3.71. The number of rotatable bonds is 6. The van der Waals surface area contributed by atoms with E-state index >= 15 is 0 Å². The van der Waals surface area contributed by atoms with Gasteiger partial charge in [-0.25, -0.2) is 0 Å². The van der Waals surface area contributed by atoms with E-state index in [0.29, 0.717) is 6.04 Å². The van der Waals surface area contributed by atoms with Gasteiger partial charge in [0.15, 0.2) is 0 Å². The lowest BCUT2D eigenvalue weighted by Gasteiger charge is -2.22. The lowest BCUT2D eigenvalue weighted by atomic mass is 9.91. The minimum Gasteiger partial charge on any atom is -0.271 e. The molecule has 21 heavy (non-hydrogen) atoms. The third-order valence-electron chi connectivity index (χ3n) is 4.72. The van der Waals surface area contributed by atoms with Crippen molar-refractivity contribution in [1.29, 1.82) is 0 Å². The number of hydrogen-bond acceptors (Lipinski definition) is 3. The summed E-state index contributed by atoms with van der Waals surface area (Å²) in [6, 6.07) is 0.339. The molecular formula is C16H29BrN4. The van der Waals surface area contributed by atoms with Gasteiger partial charge in [-0.1, -0.05) is 38.5 Å². The monoisotopic (exact) mass is 356 g/mol. The number of hydrazine groups is 1. The highest BCUT2D eigenvalue weighted by Crippen LogP contribution is 2.28. The Labute approximate surface area is 137 Å². The Morgan fingerprint density at radius 1 is 1.33 bits per heavy atom. The molecule has 0 aromatic carbocycles. The van der Waals surface area contributed by atoms with Crippen LogP contribution in [0.2, 0.25) is 0 Å². The van der Waals surface area contributed by atoms with Crippen LogP contribution in [-0.2, 0) is 13.0 Å². The molecule has 1 aliphatic carbocycles. The molecule has 1 aromatic rings. The molecule has 0 spiro atoms. The van der Waals surface area contributed by atoms with Crippen molar-refractivity contribution in [3.8, 4) is 0 Å². The summed E-state index contributed by atoms with van der Waals surface area (Å²) in [5, 5.41) is 4.58. The molecule has 1 aliphatic rings. The van der Waals surface area contributed by atoms with Crippen molar-refractivity contribution < 1.29 is 0 Å². The van der Waals surface area contributed by atoms with Crippen LogP contribution in [0.25, 0.3) is 0 Å². The van der Waals surface area contributed by atoms with Gasteiger partial charge in [0.1, 0.15) is 0 Å². The van der Waals surface area contributed by atoms with E-state index in [0.717, 1.165) is 29.1 Å². The Morgan fingerprint density at radius 2 is 2.00 bits per heavy atom. The van der Waals surface area contributed by atoms with Gasteiger partial charge in [0, 0.05) is 19.0 Å². The molecule has 5 heteroatoms. The van der Waals surface area contributed by atoms with Gasteiger partial charge in [-0.3, -0.25) is 16.0 Å². The molecule has 3 N–H and O–H groups in total. The molecule has 1 fully saturated rings. The number of hydrogen-bond donors (Lipinski definition) is 2. The van der Waals surface area contributed by atoms with Crippen LogP contribution in [0.4, 0.5) is 0 Å². The third-order valence-corrected chi connectivity index (χ3v) is 5.75. The molecule has 1 saturated carbocycles. The maximum absolute atomic E-state index is 5.83. The fourth-order valence-electron chi connectivity index (χ4n) is 3.51. The zero-order valence-electron chi connectivity index (χ0n) is 13.4. The van der Waals surface area contributed by atoms with Crippen molar-refractivity contribution in [2.24, 2.45) is 11.8 Å². The number of aromatic nitrogens is 2. The van der Waals surface area contributed by atoms with E-state index in [9.17, 15) is 0 Å². The zero-order chi connectivity index (χ0) is 15.2. The summed E-state index contributed by atoms with van der Waals surface area (Å²) in [5.74, 6) is 6.66. The highest BCUT2D eigenvalue weighted by atomic mass is 79.9. The van der Waals surface area contributed by atoms with Crippen LogP contribution in [0.3, 0.4) is 0 Å². The first-order chi connectivity index (χ1) is 10.2. The van der Waals surface area contributed by atoms with Crippen LogP contribution in [0.1, 0.15) is 63.3 Å². The smallest absolute Gasteiger partial charge is 0.0738 e. The Balaban J connectivity index is 2.01. The van der Waals surface area contributed by atoms with Crippen LogP contribution in [0.5, 0.6) is 0 Å². The molecule has 1 atom stereocenters. The van der Waals surface area contributed by atoms with E-state index < -0.39 is 0 Å². The number of nitrogens with two attached hydrogens (primary N) is 1. The van der Waals surface area contributed by atoms with Crippen molar-refractivity contribution >= 4 is 15.9 Å². The molecule has 0 bridgehead atoms. The largest absolute Gasteiger partial charge is 0.271 e. The second-order valence-corrected chi connectivity index (χ2v) is 7.12. The third kappa shape index (κ3) is 4.54. The van der Waals surface area contributed by atoms with Gasteiger partial charge < -0.3 is 0 Å². The lowest BCUT2D eigenvalue weighted by Crippen LogP contribution is -2.38. The van der Waals surface area contributed by atoms with Crippen molar-refractivity contribution in [2.75, 3.05) is 0 Å². The first kappa shape index (κ1) is 17.0. The van der Waals surface area contributed by atoms with Gasteiger partial charge in [-0.15, -0.1) is 0 Å². The minimum atomic E-state index is 0.339. The predicted molar refractivity (Wildman–Crippen MR) is 91.0 cm³/mol. The normalized spacial score (nSPS) is 18.7. The summed E-state index contributed by atoms with van der Waals surface area (Å²) in [5.41, 5.74) is 5.38. The van der Waals surface area contributed by atoms with Gasteiger partial charge in [0.2, 0.25) is 0 Å². The molecule has 0 amide bonds. The SMILES string of the molecule is CCn1nc(C)c(Br)c1CC(CC1CCCCCC1)NN. The highest BCUT2D eigenvalue weighted by Gasteiger charge is 2.21. The maximum Gasteiger partial charge on any atom is 0.0738 e. The van der Waals surface area contributed by atoms with Gasteiger partial charge in [-0.2, -0.15) is 5.10 Å². The average Bonchev–Trinajstić information content (AvgIpc) is 2.68. The summed E-state index contributed by atoms with van der Waals surface area (Å²) >= 11 is 3.69. The van der Waals surface area contributed by atoms with Crippen LogP contribution in [-0.4, -0.2) is 15.8 Å². The topological polar surface area (TPSA) is 55.9 Å². The molecule has 0 saturated heterocycles. The Morgan fingerprint density at radius 3 is 2.57 bits per heavy atom. The highest BCUT2D eigenvalue weighted by molar-refractivity contribution is 9.10. The number of nitrogens with one attached hydrogen (secondary N) is 1. The molecule has 1 heterocycles. The number of aryl methyl sites for hydroxylation is 2. The molecule has 1 aromatic heterocycles. The van der Waals surface area contributed by atoms with E-state index in [2.05, 4.69) is 45.0 Å². The van der Waals surface area contributed by atoms with Gasteiger partial charge in [0.25, 0.3) is 0 Å². The van der Waals surface area contributed by atoms with Gasteiger partial charge in [-0.05, 0) is 42.1 Å². The molecule has 0 radical (unpaired) electrons. The zero-order valence-corrected chi connectivity index (χ0v) is 15.0. The summed E-state index contributed by atoms with van der Waals surface area (Å²) in [6.07, 6.45) is 10.4. The molecule has 4 nitrogen and oxygen atoms in total. The Kier molecular flexibility index (Phi) is 6.71. The summed E-state index contributed by atoms with van der Waals surface area (Å²) in [7, 11) is 0. The first-order valence-electron chi connectivity index (χ1n) is 8.33. The van der Waals surface area contributed by atoms with Crippen LogP contribution in [0.15, 0.2) is 4.47 Å². The van der Waals surface area contributed by atoms with Gasteiger partial charge >= 0.3 is 0 Å². The molecular weight excluding hydrogens is 328 g/mol. The van der Waals surface area contributed by atoms with E-state index in [1.807, 2.05) is 0 Å². The summed E-state index contributed by atoms with van der Waals surface area (Å²) < 4.78 is 3.24. The summed E-state index contributed by atoms with van der Waals surface area (Å²) in [4.78, 5) is 0. The molecule has 2 rings (SSSR count). The molecule has 1 unspecified atom stereocenters.